The highest BCUT2D eigenvalue weighted by Gasteiger charge is 2.49. The molecule has 3 N–H and O–H groups in total. The second-order valence-electron chi connectivity index (χ2n) is 5.93. The molecule has 1 aromatic carbocycles. The first-order valence-electron chi connectivity index (χ1n) is 7.27. The third kappa shape index (κ3) is 1.81. The maximum atomic E-state index is 5.95. The second kappa shape index (κ2) is 4.31. The van der Waals surface area contributed by atoms with E-state index < -0.39 is 0 Å². The number of rotatable bonds is 3. The van der Waals surface area contributed by atoms with Crippen LogP contribution < -0.4 is 10.6 Å². The molecular formula is C15H19N5. The molecule has 2 fully saturated rings. The van der Waals surface area contributed by atoms with Crippen molar-refractivity contribution in [1.29, 1.82) is 0 Å². The number of H-pyrrole nitrogens is 1. The summed E-state index contributed by atoms with van der Waals surface area (Å²) >= 11 is 0. The van der Waals surface area contributed by atoms with E-state index in [0.29, 0.717) is 0 Å². The highest BCUT2D eigenvalue weighted by molar-refractivity contribution is 5.42. The van der Waals surface area contributed by atoms with E-state index in [4.69, 9.17) is 10.7 Å². The lowest BCUT2D eigenvalue weighted by atomic mass is 9.95. The van der Waals surface area contributed by atoms with Crippen molar-refractivity contribution in [2.75, 3.05) is 18.0 Å². The first-order chi connectivity index (χ1) is 9.78. The van der Waals surface area contributed by atoms with Crippen molar-refractivity contribution in [2.45, 2.75) is 30.7 Å². The lowest BCUT2D eigenvalue weighted by molar-refractivity contribution is 0.750. The van der Waals surface area contributed by atoms with Gasteiger partial charge >= 0.3 is 0 Å². The molecule has 1 aromatic heterocycles. The van der Waals surface area contributed by atoms with E-state index in [9.17, 15) is 0 Å². The number of anilines is 1. The monoisotopic (exact) mass is 269 g/mol. The van der Waals surface area contributed by atoms with Gasteiger partial charge in [-0.1, -0.05) is 30.3 Å². The van der Waals surface area contributed by atoms with Gasteiger partial charge in [-0.15, -0.1) is 5.10 Å². The summed E-state index contributed by atoms with van der Waals surface area (Å²) in [6.45, 7) is 1.81. The Kier molecular flexibility index (Phi) is 2.57. The van der Waals surface area contributed by atoms with Crippen LogP contribution in [0.3, 0.4) is 0 Å². The largest absolute Gasteiger partial charge is 0.338 e. The van der Waals surface area contributed by atoms with E-state index in [1.54, 1.807) is 0 Å². The molecule has 104 valence electrons. The zero-order valence-corrected chi connectivity index (χ0v) is 11.4. The van der Waals surface area contributed by atoms with Crippen LogP contribution in [0, 0.1) is 0 Å². The maximum absolute atomic E-state index is 5.95. The molecule has 0 bridgehead atoms. The van der Waals surface area contributed by atoms with Gasteiger partial charge in [0.05, 0.1) is 5.41 Å². The van der Waals surface area contributed by atoms with Gasteiger partial charge in [0, 0.05) is 19.1 Å². The predicted octanol–water partition coefficient (Wildman–Crippen LogP) is 1.42. The average Bonchev–Trinajstić information content (AvgIpc) is 2.93. The highest BCUT2D eigenvalue weighted by Crippen LogP contribution is 2.52. The van der Waals surface area contributed by atoms with Gasteiger partial charge in [0.1, 0.15) is 5.82 Å². The number of nitrogens with one attached hydrogen (secondary N) is 1. The fraction of sp³-hybridized carbons (Fsp3) is 0.467. The van der Waals surface area contributed by atoms with Gasteiger partial charge in [0.25, 0.3) is 0 Å². The molecule has 1 unspecified atom stereocenters. The lowest BCUT2D eigenvalue weighted by Crippen LogP contribution is -2.27. The Morgan fingerprint density at radius 3 is 2.70 bits per heavy atom. The molecule has 1 saturated carbocycles. The highest BCUT2D eigenvalue weighted by atomic mass is 15.4. The number of hydrogen-bond donors (Lipinski definition) is 2. The average molecular weight is 269 g/mol. The zero-order chi connectivity index (χ0) is 13.6. The summed E-state index contributed by atoms with van der Waals surface area (Å²) in [7, 11) is 0. The van der Waals surface area contributed by atoms with E-state index in [0.717, 1.165) is 44.1 Å². The summed E-state index contributed by atoms with van der Waals surface area (Å²) in [6.07, 6.45) is 3.31. The fourth-order valence-corrected chi connectivity index (χ4v) is 3.12. The van der Waals surface area contributed by atoms with Crippen LogP contribution in [0.15, 0.2) is 30.3 Å². The minimum atomic E-state index is 0.0638. The molecule has 1 aliphatic heterocycles. The Bertz CT molecular complexity index is 602. The number of benzene rings is 1. The summed E-state index contributed by atoms with van der Waals surface area (Å²) in [4.78, 5) is 6.91. The smallest absolute Gasteiger partial charge is 0.244 e. The van der Waals surface area contributed by atoms with Crippen LogP contribution in [0.5, 0.6) is 0 Å². The van der Waals surface area contributed by atoms with Gasteiger partial charge in [0.2, 0.25) is 5.95 Å². The number of aromatic amines is 1. The Labute approximate surface area is 118 Å². The summed E-state index contributed by atoms with van der Waals surface area (Å²) < 4.78 is 0. The van der Waals surface area contributed by atoms with E-state index in [-0.39, 0.29) is 11.5 Å². The van der Waals surface area contributed by atoms with Crippen LogP contribution in [0.1, 0.15) is 30.7 Å². The lowest BCUT2D eigenvalue weighted by Gasteiger charge is -2.13. The molecule has 4 rings (SSSR count). The van der Waals surface area contributed by atoms with Crippen LogP contribution in [0.2, 0.25) is 0 Å². The molecule has 0 spiro atoms. The van der Waals surface area contributed by atoms with Gasteiger partial charge in [-0.3, -0.25) is 5.10 Å². The van der Waals surface area contributed by atoms with E-state index >= 15 is 0 Å². The van der Waals surface area contributed by atoms with Crippen molar-refractivity contribution >= 4 is 5.95 Å². The van der Waals surface area contributed by atoms with Crippen LogP contribution in [-0.2, 0) is 5.41 Å². The number of aromatic nitrogens is 3. The Hall–Kier alpha value is -1.88. The van der Waals surface area contributed by atoms with Crippen molar-refractivity contribution in [1.82, 2.24) is 15.2 Å². The molecule has 0 amide bonds. The van der Waals surface area contributed by atoms with Crippen molar-refractivity contribution in [3.05, 3.63) is 41.7 Å². The molecular weight excluding hydrogens is 250 g/mol. The van der Waals surface area contributed by atoms with Crippen molar-refractivity contribution in [3.63, 3.8) is 0 Å². The quantitative estimate of drug-likeness (QED) is 0.884. The topological polar surface area (TPSA) is 70.8 Å². The Balaban J connectivity index is 1.62. The van der Waals surface area contributed by atoms with E-state index in [2.05, 4.69) is 45.4 Å². The molecule has 20 heavy (non-hydrogen) atoms. The minimum absolute atomic E-state index is 0.0638. The molecule has 5 heteroatoms. The summed E-state index contributed by atoms with van der Waals surface area (Å²) in [5.74, 6) is 1.80. The van der Waals surface area contributed by atoms with E-state index in [1.165, 1.54) is 5.56 Å². The van der Waals surface area contributed by atoms with Crippen LogP contribution in [0.25, 0.3) is 0 Å². The predicted molar refractivity (Wildman–Crippen MR) is 77.6 cm³/mol. The summed E-state index contributed by atoms with van der Waals surface area (Å²) in [5, 5.41) is 7.55. The van der Waals surface area contributed by atoms with Crippen LogP contribution >= 0.6 is 0 Å². The molecule has 1 atom stereocenters. The first-order valence-corrected chi connectivity index (χ1v) is 7.27. The van der Waals surface area contributed by atoms with Gasteiger partial charge in [-0.2, -0.15) is 4.98 Å². The Morgan fingerprint density at radius 2 is 2.05 bits per heavy atom. The first kappa shape index (κ1) is 11.9. The third-order valence-electron chi connectivity index (χ3n) is 4.51. The van der Waals surface area contributed by atoms with E-state index in [1.807, 2.05) is 0 Å². The fourth-order valence-electron chi connectivity index (χ4n) is 3.12. The number of nitrogens with zero attached hydrogens (tertiary/aromatic N) is 3. The number of hydrogen-bond acceptors (Lipinski definition) is 4. The molecule has 5 nitrogen and oxygen atoms in total. The van der Waals surface area contributed by atoms with Crippen molar-refractivity contribution in [3.8, 4) is 0 Å². The third-order valence-corrected chi connectivity index (χ3v) is 4.51. The normalized spacial score (nSPS) is 24.1. The molecule has 1 saturated heterocycles. The van der Waals surface area contributed by atoms with Gasteiger partial charge in [-0.25, -0.2) is 0 Å². The second-order valence-corrected chi connectivity index (χ2v) is 5.93. The van der Waals surface area contributed by atoms with Crippen LogP contribution in [-0.4, -0.2) is 34.3 Å². The van der Waals surface area contributed by atoms with Crippen LogP contribution in [0.4, 0.5) is 5.95 Å². The number of nitrogens with two attached hydrogens (primary N) is 1. The molecule has 0 radical (unpaired) electrons. The standard InChI is InChI=1S/C15H19N5/c16-12-6-9-20(10-12)14-17-13(18-19-14)15(7-8-15)11-4-2-1-3-5-11/h1-5,12H,6-10,16H2,(H,17,18,19). The molecule has 2 aromatic rings. The van der Waals surface area contributed by atoms with Gasteiger partial charge in [0.15, 0.2) is 0 Å². The molecule has 1 aliphatic carbocycles. The maximum Gasteiger partial charge on any atom is 0.244 e. The van der Waals surface area contributed by atoms with Crippen molar-refractivity contribution < 1.29 is 0 Å². The minimum Gasteiger partial charge on any atom is -0.338 e. The van der Waals surface area contributed by atoms with Gasteiger partial charge in [-0.05, 0) is 24.8 Å². The SMILES string of the molecule is NC1CCN(c2n[nH]c(C3(c4ccccc4)CC3)n2)C1. The van der Waals surface area contributed by atoms with Crippen molar-refractivity contribution in [2.24, 2.45) is 5.73 Å². The molecule has 2 heterocycles. The Morgan fingerprint density at radius 1 is 1.25 bits per heavy atom. The molecule has 2 aliphatic rings. The van der Waals surface area contributed by atoms with Gasteiger partial charge < -0.3 is 10.6 Å². The summed E-state index contributed by atoms with van der Waals surface area (Å²) in [6, 6.07) is 10.8. The summed E-state index contributed by atoms with van der Waals surface area (Å²) in [5.41, 5.74) is 7.35. The zero-order valence-electron chi connectivity index (χ0n) is 11.4.